The van der Waals surface area contributed by atoms with Crippen LogP contribution in [0.4, 0.5) is 5.13 Å². The van der Waals surface area contributed by atoms with Crippen LogP contribution in [0.5, 0.6) is 5.75 Å². The number of rotatable bonds is 9. The van der Waals surface area contributed by atoms with Crippen molar-refractivity contribution in [3.63, 3.8) is 0 Å². The van der Waals surface area contributed by atoms with Gasteiger partial charge in [0.05, 0.1) is 12.2 Å². The van der Waals surface area contributed by atoms with E-state index in [0.29, 0.717) is 10.9 Å². The predicted molar refractivity (Wildman–Crippen MR) is 131 cm³/mol. The Bertz CT molecular complexity index is 1360. The van der Waals surface area contributed by atoms with Crippen molar-refractivity contribution in [3.05, 3.63) is 94.2 Å². The molecule has 2 heterocycles. The van der Waals surface area contributed by atoms with Crippen molar-refractivity contribution in [1.29, 1.82) is 0 Å². The highest BCUT2D eigenvalue weighted by Crippen LogP contribution is 2.24. The molecule has 10 heteroatoms. The zero-order valence-corrected chi connectivity index (χ0v) is 19.6. The number of anilines is 1. The third-order valence-corrected chi connectivity index (χ3v) is 5.61. The normalized spacial score (nSPS) is 11.5. The van der Waals surface area contributed by atoms with E-state index in [1.54, 1.807) is 12.1 Å². The van der Waals surface area contributed by atoms with E-state index in [4.69, 9.17) is 9.47 Å². The first kappa shape index (κ1) is 23.8. The summed E-state index contributed by atoms with van der Waals surface area (Å²) in [5.41, 5.74) is 1.18. The average molecular weight is 491 g/mol. The summed E-state index contributed by atoms with van der Waals surface area (Å²) in [7, 11) is 0. The fourth-order valence-electron chi connectivity index (χ4n) is 3.04. The summed E-state index contributed by atoms with van der Waals surface area (Å²) >= 11 is 1.27. The van der Waals surface area contributed by atoms with Crippen LogP contribution < -0.4 is 15.6 Å². The molecule has 0 aliphatic heterocycles. The highest BCUT2D eigenvalue weighted by Gasteiger charge is 2.21. The zero-order chi connectivity index (χ0) is 24.6. The maximum Gasteiger partial charge on any atom is 0.359 e. The second-order valence-electron chi connectivity index (χ2n) is 7.38. The van der Waals surface area contributed by atoms with Gasteiger partial charge < -0.3 is 9.47 Å². The summed E-state index contributed by atoms with van der Waals surface area (Å²) in [5, 5.41) is 8.92. The predicted octanol–water partition coefficient (Wildman–Crippen LogP) is 3.63. The number of nitrogens with zero attached hydrogens (tertiary/aromatic N) is 3. The molecule has 0 saturated heterocycles. The van der Waals surface area contributed by atoms with Gasteiger partial charge in [-0.2, -0.15) is 5.10 Å². The van der Waals surface area contributed by atoms with Crippen molar-refractivity contribution < 1.29 is 19.1 Å². The molecule has 4 aromatic rings. The van der Waals surface area contributed by atoms with Crippen LogP contribution in [0.2, 0.25) is 0 Å². The number of para-hydroxylation sites is 1. The number of nitrogens with one attached hydrogen (secondary N) is 1. The molecule has 178 valence electrons. The van der Waals surface area contributed by atoms with E-state index >= 15 is 0 Å². The number of carbonyl (C=O) groups excluding carboxylic acids is 2. The summed E-state index contributed by atoms with van der Waals surface area (Å²) in [6, 6.07) is 21.2. The minimum absolute atomic E-state index is 0.0930. The molecule has 35 heavy (non-hydrogen) atoms. The molecule has 0 bridgehead atoms. The monoisotopic (exact) mass is 490 g/mol. The third-order valence-electron chi connectivity index (χ3n) is 4.85. The Morgan fingerprint density at radius 2 is 1.74 bits per heavy atom. The van der Waals surface area contributed by atoms with Gasteiger partial charge in [0.1, 0.15) is 12.4 Å². The molecule has 1 N–H and O–H groups in total. The van der Waals surface area contributed by atoms with Gasteiger partial charge in [-0.25, -0.2) is 14.5 Å². The molecule has 0 saturated carbocycles. The van der Waals surface area contributed by atoms with Gasteiger partial charge in [-0.15, -0.1) is 11.3 Å². The van der Waals surface area contributed by atoms with E-state index in [9.17, 15) is 14.4 Å². The first-order valence-corrected chi connectivity index (χ1v) is 11.7. The second kappa shape index (κ2) is 11.2. The Hall–Kier alpha value is -4.31. The van der Waals surface area contributed by atoms with Crippen LogP contribution in [0.1, 0.15) is 17.4 Å². The quantitative estimate of drug-likeness (QED) is 0.357. The van der Waals surface area contributed by atoms with E-state index in [1.165, 1.54) is 30.4 Å². The SMILES string of the molecule is CC(OC(=O)c1ccc(=O)n(CCOc2ccccc2)n1)C(=O)Nc1nc(-c2ccccc2)cs1. The van der Waals surface area contributed by atoms with Crippen LogP contribution in [0, 0.1) is 0 Å². The highest BCUT2D eigenvalue weighted by molar-refractivity contribution is 7.14. The molecule has 1 atom stereocenters. The Morgan fingerprint density at radius 3 is 2.49 bits per heavy atom. The lowest BCUT2D eigenvalue weighted by molar-refractivity contribution is -0.123. The Balaban J connectivity index is 1.33. The van der Waals surface area contributed by atoms with E-state index < -0.39 is 18.0 Å². The van der Waals surface area contributed by atoms with Crippen LogP contribution in [-0.2, 0) is 16.1 Å². The lowest BCUT2D eigenvalue weighted by atomic mass is 10.2. The van der Waals surface area contributed by atoms with Crippen LogP contribution in [-0.4, -0.2) is 39.4 Å². The molecule has 4 rings (SSSR count). The first-order chi connectivity index (χ1) is 17.0. The Morgan fingerprint density at radius 1 is 1.03 bits per heavy atom. The van der Waals surface area contributed by atoms with Crippen molar-refractivity contribution in [3.8, 4) is 17.0 Å². The van der Waals surface area contributed by atoms with Crippen LogP contribution in [0.3, 0.4) is 0 Å². The molecule has 2 aromatic carbocycles. The summed E-state index contributed by atoms with van der Waals surface area (Å²) in [4.78, 5) is 41.5. The Labute approximate surface area is 205 Å². The summed E-state index contributed by atoms with van der Waals surface area (Å²) in [6.45, 7) is 1.77. The number of aromatic nitrogens is 3. The Kier molecular flexibility index (Phi) is 7.63. The zero-order valence-electron chi connectivity index (χ0n) is 18.8. The lowest BCUT2D eigenvalue weighted by Gasteiger charge is -2.13. The number of hydrogen-bond acceptors (Lipinski definition) is 8. The molecule has 9 nitrogen and oxygen atoms in total. The minimum atomic E-state index is -1.10. The molecule has 1 unspecified atom stereocenters. The number of esters is 1. The fourth-order valence-corrected chi connectivity index (χ4v) is 3.76. The van der Waals surface area contributed by atoms with Gasteiger partial charge in [-0.05, 0) is 25.1 Å². The molecule has 0 fully saturated rings. The number of amides is 1. The summed E-state index contributed by atoms with van der Waals surface area (Å²) in [6.07, 6.45) is -1.10. The molecular weight excluding hydrogens is 468 g/mol. The van der Waals surface area contributed by atoms with E-state index in [2.05, 4.69) is 15.4 Å². The minimum Gasteiger partial charge on any atom is -0.492 e. The first-order valence-electron chi connectivity index (χ1n) is 10.8. The molecule has 1 amide bonds. The molecule has 0 aliphatic carbocycles. The number of ether oxygens (including phenoxy) is 2. The van der Waals surface area contributed by atoms with Crippen molar-refractivity contribution in [2.45, 2.75) is 19.6 Å². The van der Waals surface area contributed by atoms with Crippen molar-refractivity contribution in [1.82, 2.24) is 14.8 Å². The summed E-state index contributed by atoms with van der Waals surface area (Å²) < 4.78 is 11.9. The van der Waals surface area contributed by atoms with Crippen molar-refractivity contribution in [2.24, 2.45) is 0 Å². The molecule has 0 aliphatic rings. The van der Waals surface area contributed by atoms with Crippen LogP contribution in [0.15, 0.2) is 83.0 Å². The van der Waals surface area contributed by atoms with E-state index in [0.717, 1.165) is 15.9 Å². The molecule has 0 spiro atoms. The van der Waals surface area contributed by atoms with Crippen molar-refractivity contribution >= 4 is 28.3 Å². The fraction of sp³-hybridized carbons (Fsp3) is 0.160. The summed E-state index contributed by atoms with van der Waals surface area (Å²) in [5.74, 6) is -0.696. The molecule has 0 radical (unpaired) electrons. The molecular formula is C25H22N4O5S. The standard InChI is InChI=1S/C25H22N4O5S/c1-17(23(31)27-25-26-21(16-35-25)18-8-4-2-5-9-18)34-24(32)20-12-13-22(30)29(28-20)14-15-33-19-10-6-3-7-11-19/h2-13,16-17H,14-15H2,1H3,(H,26,27,31). The second-order valence-corrected chi connectivity index (χ2v) is 8.24. The average Bonchev–Trinajstić information content (AvgIpc) is 3.34. The maximum atomic E-state index is 12.5. The smallest absolute Gasteiger partial charge is 0.359 e. The van der Waals surface area contributed by atoms with Gasteiger partial charge in [-0.1, -0.05) is 48.5 Å². The lowest BCUT2D eigenvalue weighted by Crippen LogP contribution is -2.32. The number of hydrogen-bond donors (Lipinski definition) is 1. The van der Waals surface area contributed by atoms with Gasteiger partial charge in [0.2, 0.25) is 0 Å². The van der Waals surface area contributed by atoms with E-state index in [-0.39, 0.29) is 24.4 Å². The number of benzene rings is 2. The molecule has 2 aromatic heterocycles. The van der Waals surface area contributed by atoms with Gasteiger partial charge in [0, 0.05) is 17.0 Å². The van der Waals surface area contributed by atoms with Crippen LogP contribution >= 0.6 is 11.3 Å². The topological polar surface area (TPSA) is 112 Å². The van der Waals surface area contributed by atoms with Crippen LogP contribution in [0.25, 0.3) is 11.3 Å². The van der Waals surface area contributed by atoms with Gasteiger partial charge in [0.25, 0.3) is 11.5 Å². The number of carbonyl (C=O) groups is 2. The van der Waals surface area contributed by atoms with Gasteiger partial charge in [-0.3, -0.25) is 14.9 Å². The van der Waals surface area contributed by atoms with Crippen molar-refractivity contribution in [2.75, 3.05) is 11.9 Å². The van der Waals surface area contributed by atoms with Gasteiger partial charge in [0.15, 0.2) is 16.9 Å². The maximum absolute atomic E-state index is 12.5. The van der Waals surface area contributed by atoms with Gasteiger partial charge >= 0.3 is 5.97 Å². The largest absolute Gasteiger partial charge is 0.492 e. The highest BCUT2D eigenvalue weighted by atomic mass is 32.1. The van der Waals surface area contributed by atoms with E-state index in [1.807, 2.05) is 53.9 Å². The number of thiazole rings is 1. The third kappa shape index (κ3) is 6.39.